The van der Waals surface area contributed by atoms with Crippen LogP contribution in [0.1, 0.15) is 132 Å². The first-order valence-corrected chi connectivity index (χ1v) is 13.4. The van der Waals surface area contributed by atoms with E-state index in [0.29, 0.717) is 19.6 Å². The molecular formula is C28H52O4. The molecule has 188 valence electrons. The summed E-state index contributed by atoms with van der Waals surface area (Å²) in [5, 5.41) is 0. The van der Waals surface area contributed by atoms with E-state index >= 15 is 0 Å². The maximum absolute atomic E-state index is 13.7. The summed E-state index contributed by atoms with van der Waals surface area (Å²) in [4.78, 5) is 27.4. The van der Waals surface area contributed by atoms with Gasteiger partial charge in [-0.2, -0.15) is 0 Å². The predicted molar refractivity (Wildman–Crippen MR) is 132 cm³/mol. The van der Waals surface area contributed by atoms with Crippen LogP contribution < -0.4 is 0 Å². The van der Waals surface area contributed by atoms with Gasteiger partial charge in [0.15, 0.2) is 0 Å². The minimum atomic E-state index is -0.653. The number of hydrogen-bond donors (Lipinski definition) is 0. The molecule has 1 rings (SSSR count). The average molecular weight is 453 g/mol. The van der Waals surface area contributed by atoms with Crippen LogP contribution in [0.25, 0.3) is 0 Å². The van der Waals surface area contributed by atoms with Crippen LogP contribution in [0.2, 0.25) is 0 Å². The van der Waals surface area contributed by atoms with Gasteiger partial charge in [-0.3, -0.25) is 9.59 Å². The Hall–Kier alpha value is -1.06. The lowest BCUT2D eigenvalue weighted by atomic mass is 9.49. The first-order valence-electron chi connectivity index (χ1n) is 13.4. The molecular weight excluding hydrogens is 400 g/mol. The van der Waals surface area contributed by atoms with Gasteiger partial charge >= 0.3 is 11.9 Å². The van der Waals surface area contributed by atoms with Gasteiger partial charge in [0, 0.05) is 0 Å². The summed E-state index contributed by atoms with van der Waals surface area (Å²) in [5.41, 5.74) is -1.47. The van der Waals surface area contributed by atoms with Crippen LogP contribution in [0.3, 0.4) is 0 Å². The number of unbranched alkanes of at least 4 members (excludes halogenated alkanes) is 2. The molecule has 32 heavy (non-hydrogen) atoms. The number of ether oxygens (including phenoxy) is 2. The Bertz CT molecular complexity index is 592. The normalized spacial score (nSPS) is 24.2. The van der Waals surface area contributed by atoms with E-state index in [1.54, 1.807) is 0 Å². The van der Waals surface area contributed by atoms with Crippen molar-refractivity contribution in [2.24, 2.45) is 21.7 Å². The fourth-order valence-electron chi connectivity index (χ4n) is 5.47. The third-order valence-electron chi connectivity index (χ3n) is 8.84. The zero-order valence-electron chi connectivity index (χ0n) is 22.5. The molecule has 4 heteroatoms. The fourth-order valence-corrected chi connectivity index (χ4v) is 5.47. The lowest BCUT2D eigenvalue weighted by Gasteiger charge is -2.53. The first-order chi connectivity index (χ1) is 15.0. The Labute approximate surface area is 198 Å². The third-order valence-corrected chi connectivity index (χ3v) is 8.84. The molecule has 0 bridgehead atoms. The highest BCUT2D eigenvalue weighted by Gasteiger charge is 2.60. The molecule has 0 saturated heterocycles. The molecule has 0 aromatic rings. The first kappa shape index (κ1) is 29.0. The molecule has 0 heterocycles. The number of carbonyl (C=O) groups is 2. The van der Waals surface area contributed by atoms with Crippen molar-refractivity contribution in [3.05, 3.63) is 0 Å². The lowest BCUT2D eigenvalue weighted by Crippen LogP contribution is -2.54. The molecule has 2 atom stereocenters. The minimum Gasteiger partial charge on any atom is -0.465 e. The second kappa shape index (κ2) is 12.4. The molecule has 1 aliphatic rings. The van der Waals surface area contributed by atoms with Gasteiger partial charge in [-0.05, 0) is 55.8 Å². The topological polar surface area (TPSA) is 52.6 Å². The van der Waals surface area contributed by atoms with Crippen LogP contribution >= 0.6 is 0 Å². The summed E-state index contributed by atoms with van der Waals surface area (Å²) in [6.07, 6.45) is 10.4. The second-order valence-electron chi connectivity index (χ2n) is 11.3. The molecule has 0 aromatic carbocycles. The Morgan fingerprint density at radius 1 is 0.781 bits per heavy atom. The van der Waals surface area contributed by atoms with Crippen molar-refractivity contribution < 1.29 is 19.1 Å². The quantitative estimate of drug-likeness (QED) is 0.199. The maximum atomic E-state index is 13.7. The van der Waals surface area contributed by atoms with Gasteiger partial charge in [-0.25, -0.2) is 0 Å². The van der Waals surface area contributed by atoms with E-state index in [0.717, 1.165) is 70.6 Å². The van der Waals surface area contributed by atoms with Crippen molar-refractivity contribution in [2.45, 2.75) is 132 Å². The number of rotatable bonds is 14. The number of esters is 2. The summed E-state index contributed by atoms with van der Waals surface area (Å²) in [6.45, 7) is 18.4. The monoisotopic (exact) mass is 452 g/mol. The average Bonchev–Trinajstić information content (AvgIpc) is 2.79. The molecule has 0 N–H and O–H groups in total. The highest BCUT2D eigenvalue weighted by molar-refractivity contribution is 5.82. The molecule has 1 aliphatic carbocycles. The van der Waals surface area contributed by atoms with Crippen molar-refractivity contribution in [1.29, 1.82) is 0 Å². The number of carbonyl (C=O) groups excluding carboxylic acids is 2. The summed E-state index contributed by atoms with van der Waals surface area (Å²) < 4.78 is 11.8. The highest BCUT2D eigenvalue weighted by atomic mass is 16.5. The van der Waals surface area contributed by atoms with Gasteiger partial charge in [0.05, 0.1) is 24.0 Å². The van der Waals surface area contributed by atoms with Crippen LogP contribution in [0.4, 0.5) is 0 Å². The standard InChI is InChI=1S/C28H52O4/c1-9-14-19-31-23(29)27(21-26(8,12-4)13-5)17-16-18-28(22-27,25(6,7)11-3)24(30)32-20-15-10-2/h9-22H2,1-8H3. The van der Waals surface area contributed by atoms with Crippen molar-refractivity contribution in [3.63, 3.8) is 0 Å². The minimum absolute atomic E-state index is 0.0509. The highest BCUT2D eigenvalue weighted by Crippen LogP contribution is 2.60. The lowest BCUT2D eigenvalue weighted by molar-refractivity contribution is -0.183. The summed E-state index contributed by atoms with van der Waals surface area (Å²) in [7, 11) is 0. The molecule has 0 spiro atoms. The van der Waals surface area contributed by atoms with Gasteiger partial charge in [0.25, 0.3) is 0 Å². The van der Waals surface area contributed by atoms with E-state index in [2.05, 4.69) is 55.4 Å². The SMILES string of the molecule is CCCCOC(=O)C1(CC(C)(CC)CC)CCCC(C(=O)OCCCC)(C(C)(C)CC)C1. The second-order valence-corrected chi connectivity index (χ2v) is 11.3. The molecule has 4 nitrogen and oxygen atoms in total. The zero-order chi connectivity index (χ0) is 24.5. The van der Waals surface area contributed by atoms with E-state index in [-0.39, 0.29) is 22.8 Å². The van der Waals surface area contributed by atoms with E-state index < -0.39 is 10.8 Å². The largest absolute Gasteiger partial charge is 0.465 e. The third kappa shape index (κ3) is 6.50. The van der Waals surface area contributed by atoms with Gasteiger partial charge in [0.1, 0.15) is 0 Å². The molecule has 0 radical (unpaired) electrons. The zero-order valence-corrected chi connectivity index (χ0v) is 22.5. The van der Waals surface area contributed by atoms with Gasteiger partial charge in [-0.1, -0.05) is 87.5 Å². The maximum Gasteiger partial charge on any atom is 0.312 e. The summed E-state index contributed by atoms with van der Waals surface area (Å²) in [5.74, 6) is -0.186. The van der Waals surface area contributed by atoms with E-state index in [1.807, 2.05) is 0 Å². The van der Waals surface area contributed by atoms with Crippen LogP contribution in [0, 0.1) is 21.7 Å². The van der Waals surface area contributed by atoms with Crippen molar-refractivity contribution in [1.82, 2.24) is 0 Å². The molecule has 2 unspecified atom stereocenters. The van der Waals surface area contributed by atoms with Crippen LogP contribution in [-0.4, -0.2) is 25.2 Å². The van der Waals surface area contributed by atoms with Crippen LogP contribution in [0.15, 0.2) is 0 Å². The van der Waals surface area contributed by atoms with Gasteiger partial charge in [-0.15, -0.1) is 0 Å². The van der Waals surface area contributed by atoms with Crippen LogP contribution in [-0.2, 0) is 19.1 Å². The molecule has 0 aliphatic heterocycles. The Kier molecular flexibility index (Phi) is 11.2. The van der Waals surface area contributed by atoms with Crippen molar-refractivity contribution in [3.8, 4) is 0 Å². The van der Waals surface area contributed by atoms with Gasteiger partial charge < -0.3 is 9.47 Å². The van der Waals surface area contributed by atoms with Crippen LogP contribution in [0.5, 0.6) is 0 Å². The fraction of sp³-hybridized carbons (Fsp3) is 0.929. The smallest absolute Gasteiger partial charge is 0.312 e. The summed E-state index contributed by atoms with van der Waals surface area (Å²) in [6, 6.07) is 0. The van der Waals surface area contributed by atoms with E-state index in [1.165, 1.54) is 0 Å². The summed E-state index contributed by atoms with van der Waals surface area (Å²) >= 11 is 0. The van der Waals surface area contributed by atoms with Crippen molar-refractivity contribution >= 4 is 11.9 Å². The molecule has 0 aromatic heterocycles. The molecule has 1 saturated carbocycles. The molecule has 0 amide bonds. The van der Waals surface area contributed by atoms with E-state index in [9.17, 15) is 9.59 Å². The number of hydrogen-bond acceptors (Lipinski definition) is 4. The van der Waals surface area contributed by atoms with Crippen molar-refractivity contribution in [2.75, 3.05) is 13.2 Å². The Morgan fingerprint density at radius 2 is 1.31 bits per heavy atom. The predicted octanol–water partition coefficient (Wildman–Crippen LogP) is 7.87. The Morgan fingerprint density at radius 3 is 1.78 bits per heavy atom. The Balaban J connectivity index is 3.45. The van der Waals surface area contributed by atoms with Gasteiger partial charge in [0.2, 0.25) is 0 Å². The van der Waals surface area contributed by atoms with E-state index in [4.69, 9.17) is 9.47 Å². The molecule has 1 fully saturated rings.